The van der Waals surface area contributed by atoms with Gasteiger partial charge >= 0.3 is 15.6 Å². The van der Waals surface area contributed by atoms with Crippen LogP contribution < -0.4 is 0 Å². The molecule has 0 spiro atoms. The number of hydrogen-bond donors (Lipinski definition) is 0. The van der Waals surface area contributed by atoms with E-state index in [2.05, 4.69) is 3.87 Å². The SMILES string of the molecule is CCCC[SiH](OS(=O)(=O)C(F)(F)F)C(C)(C)C. The molecule has 1 atom stereocenters. The third-order valence-corrected chi connectivity index (χ3v) is 7.69. The Balaban J connectivity index is 4.89. The van der Waals surface area contributed by atoms with Crippen molar-refractivity contribution in [3.8, 4) is 0 Å². The van der Waals surface area contributed by atoms with Gasteiger partial charge in [0, 0.05) is 0 Å². The zero-order valence-corrected chi connectivity index (χ0v) is 12.4. The largest absolute Gasteiger partial charge is 0.522 e. The minimum atomic E-state index is -5.45. The summed E-state index contributed by atoms with van der Waals surface area (Å²) in [5.41, 5.74) is -5.32. The molecule has 0 saturated carbocycles. The van der Waals surface area contributed by atoms with Crippen LogP contribution in [0.5, 0.6) is 0 Å². The number of alkyl halides is 3. The lowest BCUT2D eigenvalue weighted by atomic mass is 10.2. The van der Waals surface area contributed by atoms with Gasteiger partial charge in [0.15, 0.2) is 0 Å². The quantitative estimate of drug-likeness (QED) is 0.577. The van der Waals surface area contributed by atoms with Crippen LogP contribution >= 0.6 is 0 Å². The number of hydrogen-bond acceptors (Lipinski definition) is 3. The lowest BCUT2D eigenvalue weighted by Crippen LogP contribution is -2.37. The second-order valence-electron chi connectivity index (χ2n) is 4.99. The van der Waals surface area contributed by atoms with Crippen molar-refractivity contribution >= 4 is 19.2 Å². The van der Waals surface area contributed by atoms with Gasteiger partial charge in [-0.05, 0) is 11.1 Å². The minimum Gasteiger partial charge on any atom is -0.311 e. The highest BCUT2D eigenvalue weighted by Crippen LogP contribution is 2.35. The summed E-state index contributed by atoms with van der Waals surface area (Å²) in [6.07, 6.45) is 1.48. The molecule has 0 aromatic rings. The van der Waals surface area contributed by atoms with Gasteiger partial charge in [0.05, 0.1) is 0 Å². The van der Waals surface area contributed by atoms with Crippen LogP contribution in [0.3, 0.4) is 0 Å². The molecule has 3 nitrogen and oxygen atoms in total. The molecule has 0 bridgehead atoms. The molecular formula is C9H19F3O3SSi. The van der Waals surface area contributed by atoms with Gasteiger partial charge < -0.3 is 3.87 Å². The van der Waals surface area contributed by atoms with Crippen LogP contribution in [0.2, 0.25) is 11.1 Å². The van der Waals surface area contributed by atoms with E-state index >= 15 is 0 Å². The molecule has 17 heavy (non-hydrogen) atoms. The van der Waals surface area contributed by atoms with E-state index in [9.17, 15) is 21.6 Å². The van der Waals surface area contributed by atoms with Crippen LogP contribution in [0.25, 0.3) is 0 Å². The molecule has 0 amide bonds. The van der Waals surface area contributed by atoms with Gasteiger partial charge in [-0.15, -0.1) is 0 Å². The zero-order valence-electron chi connectivity index (χ0n) is 10.5. The van der Waals surface area contributed by atoms with E-state index in [-0.39, 0.29) is 0 Å². The monoisotopic (exact) mass is 292 g/mol. The first-order valence-electron chi connectivity index (χ1n) is 5.41. The van der Waals surface area contributed by atoms with Crippen LogP contribution in [-0.2, 0) is 14.0 Å². The first kappa shape index (κ1) is 16.9. The Bertz CT molecular complexity index is 332. The van der Waals surface area contributed by atoms with E-state index < -0.39 is 29.7 Å². The summed E-state index contributed by atoms with van der Waals surface area (Å²) in [6.45, 7) is 7.04. The average Bonchev–Trinajstić information content (AvgIpc) is 2.08. The Kier molecular flexibility index (Phi) is 5.68. The maximum atomic E-state index is 12.2. The van der Waals surface area contributed by atoms with Crippen LogP contribution in [0.4, 0.5) is 13.2 Å². The van der Waals surface area contributed by atoms with Crippen molar-refractivity contribution in [1.82, 2.24) is 0 Å². The average molecular weight is 292 g/mol. The molecule has 0 aromatic carbocycles. The van der Waals surface area contributed by atoms with Gasteiger partial charge in [-0.3, -0.25) is 0 Å². The van der Waals surface area contributed by atoms with Crippen molar-refractivity contribution in [2.75, 3.05) is 0 Å². The van der Waals surface area contributed by atoms with E-state index in [0.29, 0.717) is 12.5 Å². The summed E-state index contributed by atoms with van der Waals surface area (Å²) < 4.78 is 63.0. The molecule has 0 aliphatic heterocycles. The molecule has 0 heterocycles. The molecule has 0 aliphatic carbocycles. The first-order valence-corrected chi connectivity index (χ1v) is 8.68. The first-order chi connectivity index (χ1) is 7.42. The molecule has 0 N–H and O–H groups in total. The summed E-state index contributed by atoms with van der Waals surface area (Å²) in [6, 6.07) is 0.426. The van der Waals surface area contributed by atoms with Crippen molar-refractivity contribution in [3.05, 3.63) is 0 Å². The van der Waals surface area contributed by atoms with Crippen LogP contribution in [0, 0.1) is 0 Å². The van der Waals surface area contributed by atoms with Gasteiger partial charge in [-0.2, -0.15) is 21.6 Å². The molecule has 0 fully saturated rings. The molecular weight excluding hydrogens is 273 g/mol. The topological polar surface area (TPSA) is 43.4 Å². The van der Waals surface area contributed by atoms with E-state index in [1.807, 2.05) is 6.92 Å². The van der Waals surface area contributed by atoms with Crippen LogP contribution in [0.1, 0.15) is 40.5 Å². The Hall–Kier alpha value is -0.0831. The van der Waals surface area contributed by atoms with E-state index in [0.717, 1.165) is 6.42 Å². The highest BCUT2D eigenvalue weighted by Gasteiger charge is 2.49. The van der Waals surface area contributed by atoms with Crippen molar-refractivity contribution in [2.24, 2.45) is 0 Å². The molecule has 0 aromatic heterocycles. The predicted molar refractivity (Wildman–Crippen MR) is 62.6 cm³/mol. The fourth-order valence-electron chi connectivity index (χ4n) is 1.22. The Labute approximate surface area is 102 Å². The number of halogens is 3. The van der Waals surface area contributed by atoms with Crippen molar-refractivity contribution in [1.29, 1.82) is 0 Å². The Morgan fingerprint density at radius 2 is 1.65 bits per heavy atom. The highest BCUT2D eigenvalue weighted by molar-refractivity contribution is 7.88. The van der Waals surface area contributed by atoms with Crippen molar-refractivity contribution in [2.45, 2.75) is 57.1 Å². The minimum absolute atomic E-state index is 0.426. The molecule has 0 rings (SSSR count). The molecule has 0 radical (unpaired) electrons. The fourth-order valence-corrected chi connectivity index (χ4v) is 6.07. The molecule has 0 saturated heterocycles. The molecule has 1 unspecified atom stereocenters. The Morgan fingerprint density at radius 3 is 1.94 bits per heavy atom. The summed E-state index contributed by atoms with van der Waals surface area (Å²) >= 11 is 0. The molecule has 8 heteroatoms. The second kappa shape index (κ2) is 5.70. The summed E-state index contributed by atoms with van der Waals surface area (Å²) in [5.74, 6) is 0. The van der Waals surface area contributed by atoms with Crippen molar-refractivity contribution in [3.63, 3.8) is 0 Å². The Morgan fingerprint density at radius 1 is 1.18 bits per heavy atom. The summed E-state index contributed by atoms with van der Waals surface area (Å²) in [5, 5.41) is -0.520. The third kappa shape index (κ3) is 5.39. The van der Waals surface area contributed by atoms with E-state index in [4.69, 9.17) is 0 Å². The number of rotatable bonds is 5. The lowest BCUT2D eigenvalue weighted by Gasteiger charge is -2.28. The maximum Gasteiger partial charge on any atom is 0.522 e. The van der Waals surface area contributed by atoms with Gasteiger partial charge in [-0.1, -0.05) is 40.5 Å². The predicted octanol–water partition coefficient (Wildman–Crippen LogP) is 3.18. The van der Waals surface area contributed by atoms with Crippen LogP contribution in [0.15, 0.2) is 0 Å². The molecule has 0 aliphatic rings. The maximum absolute atomic E-state index is 12.2. The smallest absolute Gasteiger partial charge is 0.311 e. The van der Waals surface area contributed by atoms with Gasteiger partial charge in [0.2, 0.25) is 9.04 Å². The third-order valence-electron chi connectivity index (χ3n) is 2.31. The lowest BCUT2D eigenvalue weighted by molar-refractivity contribution is -0.0502. The highest BCUT2D eigenvalue weighted by atomic mass is 32.2. The summed E-state index contributed by atoms with van der Waals surface area (Å²) in [7, 11) is -7.92. The van der Waals surface area contributed by atoms with Crippen LogP contribution in [-0.4, -0.2) is 23.0 Å². The van der Waals surface area contributed by atoms with E-state index in [1.54, 1.807) is 20.8 Å². The standard InChI is InChI=1S/C9H19F3O3SSi/c1-5-6-7-17(8(2,3)4)15-16(13,14)9(10,11)12/h17H,5-7H2,1-4H3. The summed E-state index contributed by atoms with van der Waals surface area (Å²) in [4.78, 5) is 0. The van der Waals surface area contributed by atoms with Gasteiger partial charge in [0.25, 0.3) is 0 Å². The fraction of sp³-hybridized carbons (Fsp3) is 1.00. The van der Waals surface area contributed by atoms with Crippen molar-refractivity contribution < 1.29 is 25.5 Å². The van der Waals surface area contributed by atoms with Gasteiger partial charge in [0.1, 0.15) is 0 Å². The van der Waals surface area contributed by atoms with E-state index in [1.165, 1.54) is 0 Å². The zero-order chi connectivity index (χ0) is 13.9. The second-order valence-corrected chi connectivity index (χ2v) is 10.4. The number of unbranched alkanes of at least 4 members (excludes halogenated alkanes) is 1. The normalized spacial score (nSPS) is 15.9. The molecule has 104 valence electrons. The van der Waals surface area contributed by atoms with Gasteiger partial charge in [-0.25, -0.2) is 0 Å².